The number of tetrazole rings is 1. The van der Waals surface area contributed by atoms with Crippen LogP contribution in [0.3, 0.4) is 0 Å². The number of nitrogens with zero attached hydrogens (tertiary/aromatic N) is 4. The zero-order valence-electron chi connectivity index (χ0n) is 11.1. The minimum Gasteiger partial charge on any atom is -0.396 e. The molecule has 3 aromatic rings. The van der Waals surface area contributed by atoms with E-state index in [4.69, 9.17) is 5.73 Å². The average Bonchev–Trinajstić information content (AvgIpc) is 2.94. The smallest absolute Gasteiger partial charge is 0.187 e. The van der Waals surface area contributed by atoms with Crippen LogP contribution in [0.5, 0.6) is 0 Å². The number of aromatic nitrogens is 4. The molecule has 2 aromatic carbocycles. The van der Waals surface area contributed by atoms with E-state index in [0.29, 0.717) is 11.4 Å². The van der Waals surface area contributed by atoms with E-state index in [-0.39, 0.29) is 5.69 Å². The molecule has 0 spiro atoms. The zero-order chi connectivity index (χ0) is 15.0. The van der Waals surface area contributed by atoms with Crippen molar-refractivity contribution in [1.82, 2.24) is 20.2 Å². The molecule has 0 saturated carbocycles. The van der Waals surface area contributed by atoms with Crippen molar-refractivity contribution in [2.24, 2.45) is 0 Å². The fraction of sp³-hybridized carbons (Fsp3) is 0.0714. The van der Waals surface area contributed by atoms with Gasteiger partial charge in [0.05, 0.1) is 11.4 Å². The summed E-state index contributed by atoms with van der Waals surface area (Å²) in [5, 5.41) is 11.6. The Hall–Kier alpha value is -2.28. The summed E-state index contributed by atoms with van der Waals surface area (Å²) in [4.78, 5) is 0. The van der Waals surface area contributed by atoms with Crippen molar-refractivity contribution in [3.05, 3.63) is 52.3 Å². The van der Waals surface area contributed by atoms with Crippen molar-refractivity contribution in [3.8, 4) is 17.1 Å². The molecule has 21 heavy (non-hydrogen) atoms. The van der Waals surface area contributed by atoms with E-state index in [0.717, 1.165) is 15.7 Å². The summed E-state index contributed by atoms with van der Waals surface area (Å²) in [7, 11) is 0. The van der Waals surface area contributed by atoms with E-state index in [1.807, 2.05) is 25.1 Å². The molecule has 0 aliphatic heterocycles. The lowest BCUT2D eigenvalue weighted by Crippen LogP contribution is -2.01. The minimum atomic E-state index is -0.493. The number of halogens is 2. The van der Waals surface area contributed by atoms with Gasteiger partial charge in [-0.1, -0.05) is 22.0 Å². The first-order chi connectivity index (χ1) is 10.1. The van der Waals surface area contributed by atoms with E-state index in [2.05, 4.69) is 31.5 Å². The SMILES string of the molecule is Cc1ccc(-n2nnnc2-c2ccc(N)c(F)c2)cc1Br. The van der Waals surface area contributed by atoms with E-state index < -0.39 is 5.82 Å². The number of nitrogens with two attached hydrogens (primary N) is 1. The number of nitrogen functional groups attached to an aromatic ring is 1. The van der Waals surface area contributed by atoms with E-state index in [1.165, 1.54) is 12.1 Å². The first-order valence-electron chi connectivity index (χ1n) is 6.16. The van der Waals surface area contributed by atoms with Gasteiger partial charge in [0.1, 0.15) is 5.82 Å². The number of hydrogen-bond donors (Lipinski definition) is 1. The topological polar surface area (TPSA) is 69.6 Å². The van der Waals surface area contributed by atoms with Crippen molar-refractivity contribution in [2.75, 3.05) is 5.73 Å². The number of aryl methyl sites for hydroxylation is 1. The van der Waals surface area contributed by atoms with Crippen LogP contribution in [0.15, 0.2) is 40.9 Å². The molecule has 106 valence electrons. The summed E-state index contributed by atoms with van der Waals surface area (Å²) in [5.74, 6) is -0.0446. The third-order valence-corrected chi connectivity index (χ3v) is 3.98. The Morgan fingerprint density at radius 2 is 2.00 bits per heavy atom. The van der Waals surface area contributed by atoms with Crippen LogP contribution in [0.2, 0.25) is 0 Å². The lowest BCUT2D eigenvalue weighted by atomic mass is 10.1. The van der Waals surface area contributed by atoms with Gasteiger partial charge in [-0.05, 0) is 53.2 Å². The third-order valence-electron chi connectivity index (χ3n) is 3.13. The molecule has 5 nitrogen and oxygen atoms in total. The van der Waals surface area contributed by atoms with Gasteiger partial charge in [0.15, 0.2) is 5.82 Å². The Morgan fingerprint density at radius 3 is 2.71 bits per heavy atom. The summed E-state index contributed by atoms with van der Waals surface area (Å²) < 4.78 is 16.1. The molecule has 1 aromatic heterocycles. The summed E-state index contributed by atoms with van der Waals surface area (Å²) >= 11 is 3.48. The van der Waals surface area contributed by atoms with Crippen LogP contribution >= 0.6 is 15.9 Å². The monoisotopic (exact) mass is 347 g/mol. The van der Waals surface area contributed by atoms with E-state index in [1.54, 1.807) is 10.7 Å². The number of rotatable bonds is 2. The van der Waals surface area contributed by atoms with E-state index >= 15 is 0 Å². The van der Waals surface area contributed by atoms with Crippen LogP contribution < -0.4 is 5.73 Å². The highest BCUT2D eigenvalue weighted by Gasteiger charge is 2.13. The molecule has 0 bridgehead atoms. The maximum Gasteiger partial charge on any atom is 0.187 e. The van der Waals surface area contributed by atoms with Gasteiger partial charge >= 0.3 is 0 Å². The van der Waals surface area contributed by atoms with Gasteiger partial charge < -0.3 is 5.73 Å². The van der Waals surface area contributed by atoms with Crippen LogP contribution in [0.1, 0.15) is 5.56 Å². The number of benzene rings is 2. The lowest BCUT2D eigenvalue weighted by molar-refractivity contribution is 0.632. The second kappa shape index (κ2) is 5.25. The molecule has 0 atom stereocenters. The quantitative estimate of drug-likeness (QED) is 0.723. The average molecular weight is 348 g/mol. The first-order valence-corrected chi connectivity index (χ1v) is 6.96. The Morgan fingerprint density at radius 1 is 1.19 bits per heavy atom. The van der Waals surface area contributed by atoms with Crippen molar-refractivity contribution in [2.45, 2.75) is 6.92 Å². The summed E-state index contributed by atoms with van der Waals surface area (Å²) in [6.45, 7) is 1.99. The predicted molar refractivity (Wildman–Crippen MR) is 81.4 cm³/mol. The Kier molecular flexibility index (Phi) is 3.42. The van der Waals surface area contributed by atoms with Gasteiger partial charge in [0.2, 0.25) is 0 Å². The molecular formula is C14H11BrFN5. The van der Waals surface area contributed by atoms with Crippen molar-refractivity contribution >= 4 is 21.6 Å². The van der Waals surface area contributed by atoms with Crippen LogP contribution in [-0.4, -0.2) is 20.2 Å². The second-order valence-corrected chi connectivity index (χ2v) is 5.44. The highest BCUT2D eigenvalue weighted by Crippen LogP contribution is 2.25. The molecule has 0 amide bonds. The zero-order valence-corrected chi connectivity index (χ0v) is 12.7. The largest absolute Gasteiger partial charge is 0.396 e. The molecule has 1 heterocycles. The van der Waals surface area contributed by atoms with Gasteiger partial charge in [-0.25, -0.2) is 4.39 Å². The number of anilines is 1. The molecule has 7 heteroatoms. The lowest BCUT2D eigenvalue weighted by Gasteiger charge is -2.07. The van der Waals surface area contributed by atoms with Crippen LogP contribution in [-0.2, 0) is 0 Å². The van der Waals surface area contributed by atoms with Crippen molar-refractivity contribution in [3.63, 3.8) is 0 Å². The standard InChI is InChI=1S/C14H11BrFN5/c1-8-2-4-10(7-11(8)15)21-14(18-19-20-21)9-3-5-13(17)12(16)6-9/h2-7H,17H2,1H3. The Labute approximate surface area is 128 Å². The molecular weight excluding hydrogens is 337 g/mol. The van der Waals surface area contributed by atoms with Crippen LogP contribution in [0.4, 0.5) is 10.1 Å². The van der Waals surface area contributed by atoms with E-state index in [9.17, 15) is 4.39 Å². The Balaban J connectivity index is 2.12. The molecule has 2 N–H and O–H groups in total. The predicted octanol–water partition coefficient (Wildman–Crippen LogP) is 3.12. The van der Waals surface area contributed by atoms with Gasteiger partial charge in [-0.2, -0.15) is 4.68 Å². The van der Waals surface area contributed by atoms with Gasteiger partial charge in [0.25, 0.3) is 0 Å². The maximum atomic E-state index is 13.6. The minimum absolute atomic E-state index is 0.0934. The van der Waals surface area contributed by atoms with Gasteiger partial charge in [-0.3, -0.25) is 0 Å². The van der Waals surface area contributed by atoms with Crippen LogP contribution in [0.25, 0.3) is 17.1 Å². The summed E-state index contributed by atoms with van der Waals surface area (Å²) in [6, 6.07) is 10.3. The molecule has 0 aliphatic carbocycles. The maximum absolute atomic E-state index is 13.6. The molecule has 0 radical (unpaired) electrons. The fourth-order valence-electron chi connectivity index (χ4n) is 1.92. The molecule has 0 aliphatic rings. The van der Waals surface area contributed by atoms with Gasteiger partial charge in [-0.15, -0.1) is 5.10 Å². The normalized spacial score (nSPS) is 10.8. The van der Waals surface area contributed by atoms with Crippen LogP contribution in [0, 0.1) is 12.7 Å². The fourth-order valence-corrected chi connectivity index (χ4v) is 2.29. The number of hydrogen-bond acceptors (Lipinski definition) is 4. The second-order valence-electron chi connectivity index (χ2n) is 4.58. The third kappa shape index (κ3) is 2.52. The first kappa shape index (κ1) is 13.7. The summed E-state index contributed by atoms with van der Waals surface area (Å²) in [6.07, 6.45) is 0. The highest BCUT2D eigenvalue weighted by atomic mass is 79.9. The molecule has 0 unspecified atom stereocenters. The highest BCUT2D eigenvalue weighted by molar-refractivity contribution is 9.10. The van der Waals surface area contributed by atoms with Crippen molar-refractivity contribution in [1.29, 1.82) is 0 Å². The Bertz CT molecular complexity index is 749. The van der Waals surface area contributed by atoms with Gasteiger partial charge in [0, 0.05) is 10.0 Å². The molecule has 0 saturated heterocycles. The molecule has 3 rings (SSSR count). The molecule has 0 fully saturated rings. The van der Waals surface area contributed by atoms with Crippen molar-refractivity contribution < 1.29 is 4.39 Å². The summed E-state index contributed by atoms with van der Waals surface area (Å²) in [5.41, 5.74) is 8.03.